The molecule has 0 saturated heterocycles. The molecule has 6 nitrogen and oxygen atoms in total. The van der Waals surface area contributed by atoms with Crippen LogP contribution in [0.25, 0.3) is 0 Å². The summed E-state index contributed by atoms with van der Waals surface area (Å²) in [5.41, 5.74) is 5.52. The van der Waals surface area contributed by atoms with Crippen LogP contribution in [0.3, 0.4) is 0 Å². The SMILES string of the molecule is COC(=O)CCNc1nccnc1N. The van der Waals surface area contributed by atoms with Crippen molar-refractivity contribution in [2.24, 2.45) is 0 Å². The van der Waals surface area contributed by atoms with Gasteiger partial charge < -0.3 is 15.8 Å². The maximum Gasteiger partial charge on any atom is 0.307 e. The van der Waals surface area contributed by atoms with E-state index in [4.69, 9.17) is 5.73 Å². The largest absolute Gasteiger partial charge is 0.469 e. The first-order valence-electron chi connectivity index (χ1n) is 4.11. The van der Waals surface area contributed by atoms with E-state index in [-0.39, 0.29) is 12.4 Å². The molecule has 0 aliphatic rings. The second-order valence-corrected chi connectivity index (χ2v) is 2.54. The number of nitrogens with zero attached hydrogens (tertiary/aromatic N) is 2. The lowest BCUT2D eigenvalue weighted by Crippen LogP contribution is -2.12. The molecule has 0 fully saturated rings. The van der Waals surface area contributed by atoms with Crippen molar-refractivity contribution in [3.05, 3.63) is 12.4 Å². The Morgan fingerprint density at radius 3 is 2.93 bits per heavy atom. The maximum absolute atomic E-state index is 10.8. The van der Waals surface area contributed by atoms with Crippen molar-refractivity contribution in [2.75, 3.05) is 24.7 Å². The van der Waals surface area contributed by atoms with E-state index in [0.29, 0.717) is 18.2 Å². The Morgan fingerprint density at radius 1 is 1.57 bits per heavy atom. The molecule has 0 aliphatic heterocycles. The summed E-state index contributed by atoms with van der Waals surface area (Å²) in [5.74, 6) is 0.522. The second kappa shape index (κ2) is 5.00. The molecule has 1 heterocycles. The van der Waals surface area contributed by atoms with E-state index < -0.39 is 0 Å². The first-order valence-corrected chi connectivity index (χ1v) is 4.11. The number of esters is 1. The van der Waals surface area contributed by atoms with Gasteiger partial charge in [-0.1, -0.05) is 0 Å². The van der Waals surface area contributed by atoms with Crippen molar-refractivity contribution in [3.8, 4) is 0 Å². The Morgan fingerprint density at radius 2 is 2.29 bits per heavy atom. The molecular weight excluding hydrogens is 184 g/mol. The van der Waals surface area contributed by atoms with Crippen LogP contribution < -0.4 is 11.1 Å². The van der Waals surface area contributed by atoms with Crippen LogP contribution in [0.15, 0.2) is 12.4 Å². The molecule has 0 aliphatic carbocycles. The molecule has 1 rings (SSSR count). The number of anilines is 2. The summed E-state index contributed by atoms with van der Waals surface area (Å²) in [6, 6.07) is 0. The van der Waals surface area contributed by atoms with Crippen LogP contribution in [0, 0.1) is 0 Å². The average molecular weight is 196 g/mol. The number of rotatable bonds is 4. The van der Waals surface area contributed by atoms with Gasteiger partial charge >= 0.3 is 5.97 Å². The van der Waals surface area contributed by atoms with E-state index >= 15 is 0 Å². The fraction of sp³-hybridized carbons (Fsp3) is 0.375. The normalized spacial score (nSPS) is 9.50. The van der Waals surface area contributed by atoms with Gasteiger partial charge in [-0.25, -0.2) is 9.97 Å². The topological polar surface area (TPSA) is 90.1 Å². The van der Waals surface area contributed by atoms with Crippen LogP contribution in [-0.2, 0) is 9.53 Å². The first kappa shape index (κ1) is 10.2. The van der Waals surface area contributed by atoms with Gasteiger partial charge in [0.25, 0.3) is 0 Å². The van der Waals surface area contributed by atoms with Gasteiger partial charge in [-0.05, 0) is 0 Å². The summed E-state index contributed by atoms with van der Waals surface area (Å²) in [6.45, 7) is 0.426. The molecule has 1 aromatic heterocycles. The Kier molecular flexibility index (Phi) is 3.66. The molecule has 0 atom stereocenters. The van der Waals surface area contributed by atoms with Gasteiger partial charge in [-0.15, -0.1) is 0 Å². The number of nitrogen functional groups attached to an aromatic ring is 1. The Labute approximate surface area is 81.5 Å². The van der Waals surface area contributed by atoms with Crippen LogP contribution in [0.2, 0.25) is 0 Å². The predicted molar refractivity (Wildman–Crippen MR) is 51.6 cm³/mol. The summed E-state index contributed by atoms with van der Waals surface area (Å²) < 4.78 is 4.47. The molecule has 0 aromatic carbocycles. The molecule has 0 spiro atoms. The number of carbonyl (C=O) groups is 1. The monoisotopic (exact) mass is 196 g/mol. The third-order valence-electron chi connectivity index (χ3n) is 1.58. The van der Waals surface area contributed by atoms with Crippen LogP contribution in [0.1, 0.15) is 6.42 Å². The number of aromatic nitrogens is 2. The highest BCUT2D eigenvalue weighted by Gasteiger charge is 2.02. The van der Waals surface area contributed by atoms with Gasteiger partial charge in [-0.3, -0.25) is 4.79 Å². The molecule has 0 bridgehead atoms. The molecule has 0 saturated carbocycles. The number of carbonyl (C=O) groups excluding carboxylic acids is 1. The van der Waals surface area contributed by atoms with E-state index in [0.717, 1.165) is 0 Å². The number of methoxy groups -OCH3 is 1. The highest BCUT2D eigenvalue weighted by atomic mass is 16.5. The van der Waals surface area contributed by atoms with Crippen LogP contribution in [0.5, 0.6) is 0 Å². The molecule has 0 radical (unpaired) electrons. The number of hydrogen-bond donors (Lipinski definition) is 2. The number of ether oxygens (including phenoxy) is 1. The lowest BCUT2D eigenvalue weighted by Gasteiger charge is -2.05. The highest BCUT2D eigenvalue weighted by molar-refractivity contribution is 5.70. The van der Waals surface area contributed by atoms with E-state index in [1.54, 1.807) is 0 Å². The van der Waals surface area contributed by atoms with Crippen LogP contribution in [-0.4, -0.2) is 29.6 Å². The van der Waals surface area contributed by atoms with E-state index in [9.17, 15) is 4.79 Å². The standard InChI is InChI=1S/C8H12N4O2/c1-14-6(13)2-3-11-8-7(9)10-4-5-12-8/h4-5H,2-3H2,1H3,(H2,9,10)(H,11,12). The zero-order valence-electron chi connectivity index (χ0n) is 7.86. The van der Waals surface area contributed by atoms with Crippen molar-refractivity contribution < 1.29 is 9.53 Å². The summed E-state index contributed by atoms with van der Waals surface area (Å²) in [7, 11) is 1.35. The number of nitrogens with one attached hydrogen (secondary N) is 1. The smallest absolute Gasteiger partial charge is 0.307 e. The summed E-state index contributed by atoms with van der Waals surface area (Å²) in [4.78, 5) is 18.5. The van der Waals surface area contributed by atoms with Crippen LogP contribution >= 0.6 is 0 Å². The van der Waals surface area contributed by atoms with Crippen molar-refractivity contribution in [1.29, 1.82) is 0 Å². The van der Waals surface area contributed by atoms with Crippen molar-refractivity contribution >= 4 is 17.6 Å². The summed E-state index contributed by atoms with van der Waals surface area (Å²) in [6.07, 6.45) is 3.30. The molecule has 76 valence electrons. The van der Waals surface area contributed by atoms with Gasteiger partial charge in [0.1, 0.15) is 0 Å². The van der Waals surface area contributed by atoms with Gasteiger partial charge in [0, 0.05) is 18.9 Å². The van der Waals surface area contributed by atoms with Gasteiger partial charge in [-0.2, -0.15) is 0 Å². The van der Waals surface area contributed by atoms with E-state index in [1.165, 1.54) is 19.5 Å². The molecule has 14 heavy (non-hydrogen) atoms. The fourth-order valence-corrected chi connectivity index (χ4v) is 0.870. The summed E-state index contributed by atoms with van der Waals surface area (Å²) >= 11 is 0. The van der Waals surface area contributed by atoms with Gasteiger partial charge in [0.05, 0.1) is 13.5 Å². The maximum atomic E-state index is 10.8. The third kappa shape index (κ3) is 2.89. The molecule has 3 N–H and O–H groups in total. The zero-order chi connectivity index (χ0) is 10.4. The molecule has 1 aromatic rings. The van der Waals surface area contributed by atoms with Crippen molar-refractivity contribution in [3.63, 3.8) is 0 Å². The second-order valence-electron chi connectivity index (χ2n) is 2.54. The zero-order valence-corrected chi connectivity index (χ0v) is 7.86. The lowest BCUT2D eigenvalue weighted by atomic mass is 10.4. The molecule has 6 heteroatoms. The fourth-order valence-electron chi connectivity index (χ4n) is 0.870. The summed E-state index contributed by atoms with van der Waals surface area (Å²) in [5, 5.41) is 2.88. The third-order valence-corrected chi connectivity index (χ3v) is 1.58. The van der Waals surface area contributed by atoms with Crippen molar-refractivity contribution in [1.82, 2.24) is 9.97 Å². The molecular formula is C8H12N4O2. The highest BCUT2D eigenvalue weighted by Crippen LogP contribution is 2.08. The minimum absolute atomic E-state index is 0.270. The Bertz CT molecular complexity index is 316. The van der Waals surface area contributed by atoms with Gasteiger partial charge in [0.2, 0.25) is 0 Å². The quantitative estimate of drug-likeness (QED) is 0.660. The van der Waals surface area contributed by atoms with Gasteiger partial charge in [0.15, 0.2) is 11.6 Å². The minimum atomic E-state index is -0.278. The van der Waals surface area contributed by atoms with Crippen molar-refractivity contribution in [2.45, 2.75) is 6.42 Å². The Balaban J connectivity index is 2.39. The average Bonchev–Trinajstić information content (AvgIpc) is 2.20. The molecule has 0 unspecified atom stereocenters. The molecule has 0 amide bonds. The van der Waals surface area contributed by atoms with E-state index in [1.807, 2.05) is 0 Å². The number of hydrogen-bond acceptors (Lipinski definition) is 6. The number of nitrogens with two attached hydrogens (primary N) is 1. The lowest BCUT2D eigenvalue weighted by molar-refractivity contribution is -0.140. The van der Waals surface area contributed by atoms with Crippen LogP contribution in [0.4, 0.5) is 11.6 Å². The first-order chi connectivity index (χ1) is 6.74. The van der Waals surface area contributed by atoms with E-state index in [2.05, 4.69) is 20.0 Å². The predicted octanol–water partition coefficient (Wildman–Crippen LogP) is 0.0338. The Hall–Kier alpha value is -1.85. The minimum Gasteiger partial charge on any atom is -0.469 e.